The highest BCUT2D eigenvalue weighted by Gasteiger charge is 2.20. The summed E-state index contributed by atoms with van der Waals surface area (Å²) in [6.07, 6.45) is -1.91. The summed E-state index contributed by atoms with van der Waals surface area (Å²) in [5.74, 6) is 0. The molecule has 5 nitrogen and oxygen atoms in total. The van der Waals surface area contributed by atoms with Crippen LogP contribution in [0, 0.1) is 0 Å². The number of ether oxygens (including phenoxy) is 1. The Hall–Kier alpha value is -1.08. The van der Waals surface area contributed by atoms with Crippen molar-refractivity contribution in [2.24, 2.45) is 0 Å². The molecule has 0 aliphatic rings. The Morgan fingerprint density at radius 2 is 2.24 bits per heavy atom. The van der Waals surface area contributed by atoms with Gasteiger partial charge in [-0.15, -0.1) is 5.10 Å². The summed E-state index contributed by atoms with van der Waals surface area (Å²) in [5.41, 5.74) is 0.203. The average Bonchev–Trinajstić information content (AvgIpc) is 2.68. The molecule has 1 heterocycles. The largest absolute Gasteiger partial charge is 0.382 e. The number of aryl methyl sites for hydroxylation is 1. The van der Waals surface area contributed by atoms with Crippen LogP contribution in [0.25, 0.3) is 0 Å². The molecule has 1 aromatic rings. The first kappa shape index (κ1) is 14.0. The zero-order valence-corrected chi connectivity index (χ0v) is 10.1. The van der Waals surface area contributed by atoms with E-state index in [2.05, 4.69) is 15.6 Å². The average molecular weight is 248 g/mol. The molecular formula is C10H18F2N4O. The van der Waals surface area contributed by atoms with E-state index in [9.17, 15) is 8.78 Å². The first-order valence-electron chi connectivity index (χ1n) is 5.63. The van der Waals surface area contributed by atoms with Crippen LogP contribution in [0.2, 0.25) is 0 Å². The Labute approximate surface area is 99.1 Å². The van der Waals surface area contributed by atoms with Crippen molar-refractivity contribution < 1.29 is 13.5 Å². The highest BCUT2D eigenvalue weighted by Crippen LogP contribution is 2.21. The predicted octanol–water partition coefficient (Wildman–Crippen LogP) is 1.36. The second-order valence-electron chi connectivity index (χ2n) is 3.53. The number of rotatable bonds is 8. The number of nitrogens with zero attached hydrogens (tertiary/aromatic N) is 3. The van der Waals surface area contributed by atoms with Crippen molar-refractivity contribution in [2.75, 3.05) is 20.3 Å². The SMILES string of the molecule is CCOCCCn1nnc(CNC)c1C(F)F. The van der Waals surface area contributed by atoms with Gasteiger partial charge >= 0.3 is 0 Å². The Morgan fingerprint density at radius 1 is 1.47 bits per heavy atom. The smallest absolute Gasteiger partial charge is 0.281 e. The van der Waals surface area contributed by atoms with Gasteiger partial charge < -0.3 is 10.1 Å². The molecule has 0 radical (unpaired) electrons. The van der Waals surface area contributed by atoms with Crippen LogP contribution in [-0.4, -0.2) is 35.3 Å². The van der Waals surface area contributed by atoms with Crippen molar-refractivity contribution in [3.05, 3.63) is 11.4 Å². The molecule has 0 aromatic carbocycles. The Balaban J connectivity index is 2.64. The van der Waals surface area contributed by atoms with E-state index in [4.69, 9.17) is 4.74 Å². The molecule has 0 aliphatic carbocycles. The minimum absolute atomic E-state index is 0.101. The van der Waals surface area contributed by atoms with Crippen LogP contribution in [0.5, 0.6) is 0 Å². The Kier molecular flexibility index (Phi) is 5.99. The lowest BCUT2D eigenvalue weighted by Crippen LogP contribution is -2.12. The van der Waals surface area contributed by atoms with Crippen LogP contribution in [0.15, 0.2) is 0 Å². The molecule has 0 unspecified atom stereocenters. The lowest BCUT2D eigenvalue weighted by molar-refractivity contribution is 0.127. The third-order valence-electron chi connectivity index (χ3n) is 2.26. The lowest BCUT2D eigenvalue weighted by atomic mass is 10.3. The third kappa shape index (κ3) is 4.01. The molecule has 0 saturated heterocycles. The van der Waals surface area contributed by atoms with Gasteiger partial charge in [-0.25, -0.2) is 13.5 Å². The second-order valence-corrected chi connectivity index (χ2v) is 3.53. The molecule has 0 saturated carbocycles. The van der Waals surface area contributed by atoms with Gasteiger partial charge in [0.1, 0.15) is 11.4 Å². The van der Waals surface area contributed by atoms with Gasteiger partial charge in [-0.2, -0.15) is 0 Å². The highest BCUT2D eigenvalue weighted by atomic mass is 19.3. The first-order valence-corrected chi connectivity index (χ1v) is 5.63. The van der Waals surface area contributed by atoms with Gasteiger partial charge in [0, 0.05) is 26.3 Å². The van der Waals surface area contributed by atoms with E-state index in [0.717, 1.165) is 0 Å². The van der Waals surface area contributed by atoms with E-state index in [0.29, 0.717) is 38.4 Å². The van der Waals surface area contributed by atoms with Gasteiger partial charge in [-0.1, -0.05) is 5.21 Å². The molecule has 1 aromatic heterocycles. The molecule has 7 heteroatoms. The molecule has 17 heavy (non-hydrogen) atoms. The molecule has 0 spiro atoms. The minimum atomic E-state index is -2.56. The maximum absolute atomic E-state index is 12.9. The van der Waals surface area contributed by atoms with Crippen LogP contribution in [-0.2, 0) is 17.8 Å². The fourth-order valence-corrected chi connectivity index (χ4v) is 1.51. The molecule has 98 valence electrons. The molecule has 0 amide bonds. The maximum Gasteiger partial charge on any atom is 0.281 e. The Morgan fingerprint density at radius 3 is 2.82 bits per heavy atom. The third-order valence-corrected chi connectivity index (χ3v) is 2.26. The zero-order chi connectivity index (χ0) is 12.7. The van der Waals surface area contributed by atoms with Crippen LogP contribution in [0.1, 0.15) is 31.2 Å². The second kappa shape index (κ2) is 7.29. The molecule has 0 fully saturated rings. The van der Waals surface area contributed by atoms with Gasteiger partial charge in [-0.05, 0) is 20.4 Å². The van der Waals surface area contributed by atoms with Gasteiger partial charge in [0.05, 0.1) is 0 Å². The highest BCUT2D eigenvalue weighted by molar-refractivity contribution is 5.11. The van der Waals surface area contributed by atoms with Crippen LogP contribution in [0.4, 0.5) is 8.78 Å². The minimum Gasteiger partial charge on any atom is -0.382 e. The molecule has 1 N–H and O–H groups in total. The fraction of sp³-hybridized carbons (Fsp3) is 0.800. The number of aromatic nitrogens is 3. The van der Waals surface area contributed by atoms with Crippen LogP contribution >= 0.6 is 0 Å². The molecule has 1 rings (SSSR count). The predicted molar refractivity (Wildman–Crippen MR) is 58.9 cm³/mol. The van der Waals surface area contributed by atoms with E-state index >= 15 is 0 Å². The fourth-order valence-electron chi connectivity index (χ4n) is 1.51. The summed E-state index contributed by atoms with van der Waals surface area (Å²) in [6, 6.07) is 0. The van der Waals surface area contributed by atoms with E-state index in [-0.39, 0.29) is 5.69 Å². The van der Waals surface area contributed by atoms with Crippen molar-refractivity contribution in [2.45, 2.75) is 32.9 Å². The lowest BCUT2D eigenvalue weighted by Gasteiger charge is -2.07. The number of hydrogen-bond donors (Lipinski definition) is 1. The standard InChI is InChI=1S/C10H18F2N4O/c1-3-17-6-4-5-16-9(10(11)12)8(7-13-2)14-15-16/h10,13H,3-7H2,1-2H3. The summed E-state index contributed by atoms with van der Waals surface area (Å²) < 4.78 is 32.1. The van der Waals surface area contributed by atoms with Crippen molar-refractivity contribution in [1.29, 1.82) is 0 Å². The van der Waals surface area contributed by atoms with Crippen LogP contribution in [0.3, 0.4) is 0 Å². The van der Waals surface area contributed by atoms with E-state index in [1.54, 1.807) is 7.05 Å². The maximum atomic E-state index is 12.9. The molecule has 0 bridgehead atoms. The van der Waals surface area contributed by atoms with Gasteiger partial charge in [0.15, 0.2) is 0 Å². The van der Waals surface area contributed by atoms with Crippen molar-refractivity contribution in [3.63, 3.8) is 0 Å². The summed E-state index contributed by atoms with van der Waals surface area (Å²) in [6.45, 7) is 3.76. The summed E-state index contributed by atoms with van der Waals surface area (Å²) >= 11 is 0. The molecular weight excluding hydrogens is 230 g/mol. The van der Waals surface area contributed by atoms with Crippen molar-refractivity contribution in [1.82, 2.24) is 20.3 Å². The first-order chi connectivity index (χ1) is 8.20. The number of hydrogen-bond acceptors (Lipinski definition) is 4. The quantitative estimate of drug-likeness (QED) is 0.706. The summed E-state index contributed by atoms with van der Waals surface area (Å²) in [7, 11) is 1.68. The summed E-state index contributed by atoms with van der Waals surface area (Å²) in [4.78, 5) is 0. The molecule has 0 atom stereocenters. The van der Waals surface area contributed by atoms with Crippen LogP contribution < -0.4 is 5.32 Å². The number of halogens is 2. The Bertz CT molecular complexity index is 330. The van der Waals surface area contributed by atoms with Gasteiger partial charge in [0.25, 0.3) is 6.43 Å². The topological polar surface area (TPSA) is 52.0 Å². The number of alkyl halides is 2. The van der Waals surface area contributed by atoms with Gasteiger partial charge in [-0.3, -0.25) is 0 Å². The van der Waals surface area contributed by atoms with Crippen molar-refractivity contribution in [3.8, 4) is 0 Å². The number of nitrogens with one attached hydrogen (secondary N) is 1. The van der Waals surface area contributed by atoms with E-state index in [1.165, 1.54) is 4.68 Å². The van der Waals surface area contributed by atoms with E-state index in [1.807, 2.05) is 6.92 Å². The van der Waals surface area contributed by atoms with Gasteiger partial charge in [0.2, 0.25) is 0 Å². The zero-order valence-electron chi connectivity index (χ0n) is 10.1. The van der Waals surface area contributed by atoms with E-state index < -0.39 is 6.43 Å². The molecule has 0 aliphatic heterocycles. The monoisotopic (exact) mass is 248 g/mol. The summed E-state index contributed by atoms with van der Waals surface area (Å²) in [5, 5.41) is 10.3. The van der Waals surface area contributed by atoms with Crippen molar-refractivity contribution >= 4 is 0 Å². The normalized spacial score (nSPS) is 11.4.